The van der Waals surface area contributed by atoms with Crippen LogP contribution in [0.5, 0.6) is 0 Å². The lowest BCUT2D eigenvalue weighted by molar-refractivity contribution is 0.318. The second-order valence-electron chi connectivity index (χ2n) is 4.38. The van der Waals surface area contributed by atoms with Crippen LogP contribution in [0.25, 0.3) is 0 Å². The Morgan fingerprint density at radius 3 is 2.53 bits per heavy atom. The molecule has 1 aliphatic rings. The van der Waals surface area contributed by atoms with Gasteiger partial charge in [0, 0.05) is 13.1 Å². The SMILES string of the molecule is N/C(=N/O)c1ccnnc1N1Cc2ccccc2C1. The lowest BCUT2D eigenvalue weighted by Crippen LogP contribution is -2.23. The first kappa shape index (κ1) is 11.5. The molecule has 2 heterocycles. The summed E-state index contributed by atoms with van der Waals surface area (Å²) in [5.74, 6) is 0.676. The van der Waals surface area contributed by atoms with E-state index in [1.54, 1.807) is 6.07 Å². The molecule has 6 heteroatoms. The molecule has 1 aromatic heterocycles. The van der Waals surface area contributed by atoms with Crippen molar-refractivity contribution in [3.8, 4) is 0 Å². The average Bonchev–Trinajstić information content (AvgIpc) is 2.90. The Kier molecular flexibility index (Phi) is 2.75. The van der Waals surface area contributed by atoms with E-state index in [9.17, 15) is 0 Å². The molecule has 0 fully saturated rings. The molecule has 1 aromatic carbocycles. The molecule has 3 N–H and O–H groups in total. The molecule has 2 aromatic rings. The third-order valence-corrected chi connectivity index (χ3v) is 3.23. The number of fused-ring (bicyclic) bond motifs is 1. The normalized spacial score (nSPS) is 14.5. The Bertz CT molecular complexity index is 615. The Morgan fingerprint density at radius 1 is 1.21 bits per heavy atom. The first-order chi connectivity index (χ1) is 9.29. The highest BCUT2D eigenvalue weighted by atomic mass is 16.4. The summed E-state index contributed by atoms with van der Waals surface area (Å²) in [5, 5.41) is 19.9. The van der Waals surface area contributed by atoms with E-state index >= 15 is 0 Å². The number of amidine groups is 1. The van der Waals surface area contributed by atoms with E-state index < -0.39 is 0 Å². The molecular weight excluding hydrogens is 242 g/mol. The van der Waals surface area contributed by atoms with Crippen molar-refractivity contribution < 1.29 is 5.21 Å². The van der Waals surface area contributed by atoms with Crippen molar-refractivity contribution >= 4 is 11.7 Å². The van der Waals surface area contributed by atoms with Crippen LogP contribution in [0.15, 0.2) is 41.7 Å². The van der Waals surface area contributed by atoms with Crippen molar-refractivity contribution in [2.75, 3.05) is 4.90 Å². The van der Waals surface area contributed by atoms with Gasteiger partial charge in [-0.2, -0.15) is 5.10 Å². The lowest BCUT2D eigenvalue weighted by Gasteiger charge is -2.18. The molecule has 96 valence electrons. The number of nitrogens with two attached hydrogens (primary N) is 1. The van der Waals surface area contributed by atoms with Gasteiger partial charge in [0.05, 0.1) is 11.8 Å². The zero-order chi connectivity index (χ0) is 13.2. The maximum Gasteiger partial charge on any atom is 0.173 e. The highest BCUT2D eigenvalue weighted by Gasteiger charge is 2.23. The fourth-order valence-corrected chi connectivity index (χ4v) is 2.29. The van der Waals surface area contributed by atoms with Crippen LogP contribution in [-0.2, 0) is 13.1 Å². The molecular formula is C13H13N5O. The van der Waals surface area contributed by atoms with Gasteiger partial charge in [-0.25, -0.2) is 0 Å². The summed E-state index contributed by atoms with van der Waals surface area (Å²) in [4.78, 5) is 2.06. The maximum absolute atomic E-state index is 8.83. The molecule has 0 spiro atoms. The van der Waals surface area contributed by atoms with Gasteiger partial charge in [-0.3, -0.25) is 0 Å². The number of oxime groups is 1. The van der Waals surface area contributed by atoms with Gasteiger partial charge in [0.15, 0.2) is 11.7 Å². The minimum absolute atomic E-state index is 0.0425. The van der Waals surface area contributed by atoms with E-state index in [1.165, 1.54) is 17.3 Å². The van der Waals surface area contributed by atoms with Crippen molar-refractivity contribution in [3.63, 3.8) is 0 Å². The summed E-state index contributed by atoms with van der Waals surface area (Å²) < 4.78 is 0. The number of anilines is 1. The number of benzene rings is 1. The predicted molar refractivity (Wildman–Crippen MR) is 70.9 cm³/mol. The highest BCUT2D eigenvalue weighted by molar-refractivity contribution is 6.01. The number of aromatic nitrogens is 2. The van der Waals surface area contributed by atoms with Gasteiger partial charge >= 0.3 is 0 Å². The smallest absolute Gasteiger partial charge is 0.173 e. The summed E-state index contributed by atoms with van der Waals surface area (Å²) in [6, 6.07) is 9.91. The average molecular weight is 255 g/mol. The minimum atomic E-state index is 0.0425. The zero-order valence-electron chi connectivity index (χ0n) is 10.2. The second-order valence-corrected chi connectivity index (χ2v) is 4.38. The Labute approximate surface area is 110 Å². The molecule has 1 aliphatic heterocycles. The molecule has 3 rings (SSSR count). The topological polar surface area (TPSA) is 87.6 Å². The molecule has 0 radical (unpaired) electrons. The van der Waals surface area contributed by atoms with Gasteiger partial charge in [0.2, 0.25) is 0 Å². The van der Waals surface area contributed by atoms with Crippen molar-refractivity contribution in [2.24, 2.45) is 10.9 Å². The molecule has 0 saturated carbocycles. The molecule has 0 atom stereocenters. The molecule has 0 unspecified atom stereocenters. The first-order valence-electron chi connectivity index (χ1n) is 5.91. The zero-order valence-corrected chi connectivity index (χ0v) is 10.2. The summed E-state index contributed by atoms with van der Waals surface area (Å²) in [5.41, 5.74) is 8.79. The van der Waals surface area contributed by atoms with E-state index in [4.69, 9.17) is 10.9 Å². The lowest BCUT2D eigenvalue weighted by atomic mass is 10.1. The standard InChI is InChI=1S/C13H13N5O/c14-12(17-19)11-5-6-15-16-13(11)18-7-9-3-1-2-4-10(9)8-18/h1-6,19H,7-8H2,(H2,14,17). The Morgan fingerprint density at radius 2 is 1.89 bits per heavy atom. The number of hydrogen-bond donors (Lipinski definition) is 2. The van der Waals surface area contributed by atoms with E-state index in [0.29, 0.717) is 11.4 Å². The largest absolute Gasteiger partial charge is 0.409 e. The Balaban J connectivity index is 1.98. The monoisotopic (exact) mass is 255 g/mol. The predicted octanol–water partition coefficient (Wildman–Crippen LogP) is 1.09. The molecule has 0 saturated heterocycles. The molecule has 0 bridgehead atoms. The second kappa shape index (κ2) is 4.56. The van der Waals surface area contributed by atoms with Gasteiger partial charge in [-0.15, -0.1) is 5.10 Å². The summed E-state index contributed by atoms with van der Waals surface area (Å²) in [6.07, 6.45) is 1.53. The van der Waals surface area contributed by atoms with Crippen molar-refractivity contribution in [3.05, 3.63) is 53.2 Å². The van der Waals surface area contributed by atoms with Crippen LogP contribution in [0, 0.1) is 0 Å². The third kappa shape index (κ3) is 1.97. The quantitative estimate of drug-likeness (QED) is 0.363. The van der Waals surface area contributed by atoms with Crippen LogP contribution in [0.3, 0.4) is 0 Å². The number of nitrogens with zero attached hydrogens (tertiary/aromatic N) is 4. The van der Waals surface area contributed by atoms with Gasteiger partial charge < -0.3 is 15.8 Å². The van der Waals surface area contributed by atoms with Crippen LogP contribution >= 0.6 is 0 Å². The van der Waals surface area contributed by atoms with E-state index in [2.05, 4.69) is 32.4 Å². The first-order valence-corrected chi connectivity index (χ1v) is 5.91. The fourth-order valence-electron chi connectivity index (χ4n) is 2.29. The van der Waals surface area contributed by atoms with Crippen LogP contribution in [-0.4, -0.2) is 21.2 Å². The third-order valence-electron chi connectivity index (χ3n) is 3.23. The van der Waals surface area contributed by atoms with Crippen LogP contribution < -0.4 is 10.6 Å². The highest BCUT2D eigenvalue weighted by Crippen LogP contribution is 2.28. The molecule has 6 nitrogen and oxygen atoms in total. The van der Waals surface area contributed by atoms with Crippen LogP contribution in [0.1, 0.15) is 16.7 Å². The summed E-state index contributed by atoms with van der Waals surface area (Å²) in [7, 11) is 0. The summed E-state index contributed by atoms with van der Waals surface area (Å²) in [6.45, 7) is 1.50. The van der Waals surface area contributed by atoms with E-state index in [0.717, 1.165) is 13.1 Å². The van der Waals surface area contributed by atoms with Gasteiger partial charge in [-0.05, 0) is 17.2 Å². The fraction of sp³-hybridized carbons (Fsp3) is 0.154. The van der Waals surface area contributed by atoms with Crippen LogP contribution in [0.4, 0.5) is 5.82 Å². The van der Waals surface area contributed by atoms with Crippen molar-refractivity contribution in [1.82, 2.24) is 10.2 Å². The van der Waals surface area contributed by atoms with E-state index in [1.807, 2.05) is 12.1 Å². The summed E-state index contributed by atoms with van der Waals surface area (Å²) >= 11 is 0. The molecule has 19 heavy (non-hydrogen) atoms. The number of rotatable bonds is 2. The number of hydrogen-bond acceptors (Lipinski definition) is 5. The Hall–Kier alpha value is -2.63. The molecule has 0 aliphatic carbocycles. The maximum atomic E-state index is 8.83. The van der Waals surface area contributed by atoms with Crippen molar-refractivity contribution in [1.29, 1.82) is 0 Å². The van der Waals surface area contributed by atoms with Crippen molar-refractivity contribution in [2.45, 2.75) is 13.1 Å². The van der Waals surface area contributed by atoms with Gasteiger partial charge in [0.25, 0.3) is 0 Å². The van der Waals surface area contributed by atoms with Crippen LogP contribution in [0.2, 0.25) is 0 Å². The van der Waals surface area contributed by atoms with E-state index in [-0.39, 0.29) is 5.84 Å². The van der Waals surface area contributed by atoms with Gasteiger partial charge in [-0.1, -0.05) is 29.4 Å². The van der Waals surface area contributed by atoms with Gasteiger partial charge in [0.1, 0.15) is 0 Å². The molecule has 0 amide bonds. The minimum Gasteiger partial charge on any atom is -0.409 e.